The molecule has 0 atom stereocenters. The van der Waals surface area contributed by atoms with Gasteiger partial charge < -0.3 is 9.47 Å². The Morgan fingerprint density at radius 3 is 1.08 bits per heavy atom. The molecule has 0 heterocycles. The first-order valence-corrected chi connectivity index (χ1v) is 15.4. The van der Waals surface area contributed by atoms with Gasteiger partial charge in [0.15, 0.2) is 11.5 Å². The quantitative estimate of drug-likeness (QED) is 0.140. The predicted octanol–water partition coefficient (Wildman–Crippen LogP) is 11.9. The van der Waals surface area contributed by atoms with Crippen molar-refractivity contribution < 1.29 is 9.47 Å². The molecule has 3 aromatic rings. The smallest absolute Gasteiger partial charge is 0.169 e. The van der Waals surface area contributed by atoms with Gasteiger partial charge in [-0.1, -0.05) is 139 Å². The summed E-state index contributed by atoms with van der Waals surface area (Å²) in [5.74, 6) is 3.41. The van der Waals surface area contributed by atoms with Crippen molar-refractivity contribution in [3.63, 3.8) is 0 Å². The van der Waals surface area contributed by atoms with Crippen molar-refractivity contribution >= 4 is 0 Å². The molecule has 0 unspecified atom stereocenters. The number of rotatable bonds is 20. The number of hydrogen-bond donors (Lipinski definition) is 0. The Morgan fingerprint density at radius 2 is 0.684 bits per heavy atom. The Balaban J connectivity index is 1.58. The average Bonchev–Trinajstić information content (AvgIpc) is 2.95. The maximum Gasteiger partial charge on any atom is 0.169 e. The SMILES string of the molecule is CCCCCCCCCc1ccccc1Oc1ccccc1Oc1ccccc1CCCCCCCCC. The van der Waals surface area contributed by atoms with Crippen LogP contribution in [0.15, 0.2) is 72.8 Å². The molecule has 0 bridgehead atoms. The Bertz CT molecular complexity index is 943. The monoisotopic (exact) mass is 514 g/mol. The zero-order valence-corrected chi connectivity index (χ0v) is 24.1. The number of ether oxygens (including phenoxy) is 2. The van der Waals surface area contributed by atoms with Gasteiger partial charge in [0.2, 0.25) is 0 Å². The molecule has 0 spiro atoms. The van der Waals surface area contributed by atoms with E-state index >= 15 is 0 Å². The van der Waals surface area contributed by atoms with E-state index < -0.39 is 0 Å². The lowest BCUT2D eigenvalue weighted by Crippen LogP contribution is -1.96. The third-order valence-electron chi connectivity index (χ3n) is 7.33. The molecule has 2 nitrogen and oxygen atoms in total. The predicted molar refractivity (Wildman–Crippen MR) is 163 cm³/mol. The topological polar surface area (TPSA) is 18.5 Å². The lowest BCUT2D eigenvalue weighted by Gasteiger charge is -2.16. The van der Waals surface area contributed by atoms with E-state index in [4.69, 9.17) is 9.47 Å². The van der Waals surface area contributed by atoms with Crippen molar-refractivity contribution in [3.8, 4) is 23.0 Å². The second-order valence-corrected chi connectivity index (χ2v) is 10.6. The molecular weight excluding hydrogens is 464 g/mol. The van der Waals surface area contributed by atoms with Crippen molar-refractivity contribution in [1.82, 2.24) is 0 Å². The molecule has 0 fully saturated rings. The molecule has 0 aliphatic rings. The fourth-order valence-corrected chi connectivity index (χ4v) is 5.02. The molecule has 3 rings (SSSR count). The largest absolute Gasteiger partial charge is 0.453 e. The maximum absolute atomic E-state index is 6.48. The van der Waals surface area contributed by atoms with Gasteiger partial charge in [-0.05, 0) is 61.1 Å². The van der Waals surface area contributed by atoms with E-state index in [1.165, 1.54) is 101 Å². The molecule has 0 aromatic heterocycles. The highest BCUT2D eigenvalue weighted by atomic mass is 16.5. The average molecular weight is 515 g/mol. The highest BCUT2D eigenvalue weighted by Gasteiger charge is 2.12. The van der Waals surface area contributed by atoms with Gasteiger partial charge >= 0.3 is 0 Å². The molecule has 0 amide bonds. The highest BCUT2D eigenvalue weighted by molar-refractivity contribution is 5.48. The van der Waals surface area contributed by atoms with Crippen LogP contribution in [-0.4, -0.2) is 0 Å². The van der Waals surface area contributed by atoms with Crippen molar-refractivity contribution in [2.75, 3.05) is 0 Å². The van der Waals surface area contributed by atoms with Crippen LogP contribution < -0.4 is 9.47 Å². The maximum atomic E-state index is 6.48. The molecular formula is C36H50O2. The minimum absolute atomic E-state index is 0.769. The highest BCUT2D eigenvalue weighted by Crippen LogP contribution is 2.37. The van der Waals surface area contributed by atoms with Gasteiger partial charge in [0.1, 0.15) is 11.5 Å². The molecule has 0 aliphatic carbocycles. The fourth-order valence-electron chi connectivity index (χ4n) is 5.02. The number of aryl methyl sites for hydroxylation is 2. The van der Waals surface area contributed by atoms with Crippen LogP contribution in [0.4, 0.5) is 0 Å². The molecule has 0 saturated carbocycles. The number of hydrogen-bond acceptors (Lipinski definition) is 2. The Morgan fingerprint density at radius 1 is 0.368 bits per heavy atom. The van der Waals surface area contributed by atoms with Gasteiger partial charge in [-0.3, -0.25) is 0 Å². The molecule has 3 aromatic carbocycles. The first kappa shape index (κ1) is 29.8. The van der Waals surface area contributed by atoms with Gasteiger partial charge in [0.25, 0.3) is 0 Å². The molecule has 0 N–H and O–H groups in total. The zero-order chi connectivity index (χ0) is 26.7. The fraction of sp³-hybridized carbons (Fsp3) is 0.500. The molecule has 0 radical (unpaired) electrons. The van der Waals surface area contributed by atoms with Crippen LogP contribution in [0.1, 0.15) is 115 Å². The van der Waals surface area contributed by atoms with Crippen LogP contribution in [-0.2, 0) is 12.8 Å². The third kappa shape index (κ3) is 10.9. The summed E-state index contributed by atoms with van der Waals surface area (Å²) >= 11 is 0. The lowest BCUT2D eigenvalue weighted by atomic mass is 10.0. The van der Waals surface area contributed by atoms with Crippen molar-refractivity contribution in [3.05, 3.63) is 83.9 Å². The second kappa shape index (κ2) is 18.5. The van der Waals surface area contributed by atoms with Crippen LogP contribution in [0.5, 0.6) is 23.0 Å². The minimum Gasteiger partial charge on any atom is -0.453 e. The van der Waals surface area contributed by atoms with Crippen molar-refractivity contribution in [2.45, 2.75) is 117 Å². The lowest BCUT2D eigenvalue weighted by molar-refractivity contribution is 0.412. The van der Waals surface area contributed by atoms with Crippen molar-refractivity contribution in [1.29, 1.82) is 0 Å². The molecule has 0 saturated heterocycles. The summed E-state index contributed by atoms with van der Waals surface area (Å²) in [4.78, 5) is 0. The van der Waals surface area contributed by atoms with Crippen molar-refractivity contribution in [2.24, 2.45) is 0 Å². The van der Waals surface area contributed by atoms with Gasteiger partial charge in [-0.25, -0.2) is 0 Å². The molecule has 206 valence electrons. The summed E-state index contributed by atoms with van der Waals surface area (Å²) in [6.07, 6.45) is 20.5. The van der Waals surface area contributed by atoms with E-state index in [0.717, 1.165) is 35.8 Å². The van der Waals surface area contributed by atoms with Crippen LogP contribution >= 0.6 is 0 Å². The molecule has 2 heteroatoms. The van der Waals surface area contributed by atoms with Crippen LogP contribution in [0.3, 0.4) is 0 Å². The summed E-state index contributed by atoms with van der Waals surface area (Å²) in [6, 6.07) is 25.0. The molecule has 0 aliphatic heterocycles. The minimum atomic E-state index is 0.769. The standard InChI is InChI=1S/C36H50O2/c1-3-5-7-9-11-13-15-23-31-25-17-19-27-33(31)37-35-29-21-22-30-36(35)38-34-28-20-18-26-32(34)24-16-14-12-10-8-6-4-2/h17-22,25-30H,3-16,23-24H2,1-2H3. The van der Waals surface area contributed by atoms with Gasteiger partial charge in [-0.2, -0.15) is 0 Å². The first-order valence-electron chi connectivity index (χ1n) is 15.4. The summed E-state index contributed by atoms with van der Waals surface area (Å²) in [7, 11) is 0. The Labute approximate surface area is 232 Å². The first-order chi connectivity index (χ1) is 18.8. The number of para-hydroxylation sites is 4. The van der Waals surface area contributed by atoms with Crippen LogP contribution in [0.25, 0.3) is 0 Å². The summed E-state index contributed by atoms with van der Waals surface area (Å²) in [6.45, 7) is 4.55. The summed E-state index contributed by atoms with van der Waals surface area (Å²) in [5, 5.41) is 0. The van der Waals surface area contributed by atoms with E-state index in [2.05, 4.69) is 62.4 Å². The van der Waals surface area contributed by atoms with E-state index in [0.29, 0.717) is 0 Å². The Kier molecular flexibility index (Phi) is 14.5. The summed E-state index contributed by atoms with van der Waals surface area (Å²) < 4.78 is 13.0. The van der Waals surface area contributed by atoms with E-state index in [-0.39, 0.29) is 0 Å². The Hall–Kier alpha value is -2.74. The van der Waals surface area contributed by atoms with E-state index in [9.17, 15) is 0 Å². The third-order valence-corrected chi connectivity index (χ3v) is 7.33. The van der Waals surface area contributed by atoms with Crippen LogP contribution in [0.2, 0.25) is 0 Å². The normalized spacial score (nSPS) is 11.0. The zero-order valence-electron chi connectivity index (χ0n) is 24.1. The second-order valence-electron chi connectivity index (χ2n) is 10.6. The number of benzene rings is 3. The number of unbranched alkanes of at least 4 members (excludes halogenated alkanes) is 12. The van der Waals surface area contributed by atoms with E-state index in [1.54, 1.807) is 0 Å². The van der Waals surface area contributed by atoms with E-state index in [1.807, 2.05) is 24.3 Å². The van der Waals surface area contributed by atoms with Crippen LogP contribution in [0, 0.1) is 0 Å². The molecule has 38 heavy (non-hydrogen) atoms. The summed E-state index contributed by atoms with van der Waals surface area (Å²) in [5.41, 5.74) is 2.55. The van der Waals surface area contributed by atoms with Gasteiger partial charge in [0, 0.05) is 0 Å². The van der Waals surface area contributed by atoms with Gasteiger partial charge in [0.05, 0.1) is 0 Å². The van der Waals surface area contributed by atoms with Gasteiger partial charge in [-0.15, -0.1) is 0 Å².